The molecular weight excluding hydrogens is 368 g/mol. The molecule has 8 nitrogen and oxygen atoms in total. The normalized spacial score (nSPS) is 20.2. The van der Waals surface area contributed by atoms with Gasteiger partial charge in [-0.05, 0) is 24.0 Å². The summed E-state index contributed by atoms with van der Waals surface area (Å²) in [5.74, 6) is 0.926. The van der Waals surface area contributed by atoms with E-state index in [1.54, 1.807) is 23.0 Å². The lowest BCUT2D eigenvalue weighted by Crippen LogP contribution is -2.50. The number of rotatable bonds is 3. The fourth-order valence-corrected chi connectivity index (χ4v) is 4.45. The van der Waals surface area contributed by atoms with Crippen molar-refractivity contribution in [1.29, 1.82) is 0 Å². The zero-order valence-electron chi connectivity index (χ0n) is 15.9. The molecule has 1 aromatic carbocycles. The monoisotopic (exact) mass is 390 g/mol. The first kappa shape index (κ1) is 17.7. The predicted molar refractivity (Wildman–Crippen MR) is 108 cm³/mol. The molecule has 148 valence electrons. The van der Waals surface area contributed by atoms with Crippen LogP contribution in [0.5, 0.6) is 0 Å². The van der Waals surface area contributed by atoms with E-state index in [4.69, 9.17) is 0 Å². The second-order valence-corrected chi connectivity index (χ2v) is 7.82. The van der Waals surface area contributed by atoms with Crippen molar-refractivity contribution in [2.45, 2.75) is 25.4 Å². The molecule has 4 heterocycles. The summed E-state index contributed by atoms with van der Waals surface area (Å²) in [5, 5.41) is 11.0. The summed E-state index contributed by atoms with van der Waals surface area (Å²) in [7, 11) is 0. The molecule has 3 aromatic rings. The van der Waals surface area contributed by atoms with Crippen LogP contribution >= 0.6 is 0 Å². The van der Waals surface area contributed by atoms with Crippen LogP contribution in [0.15, 0.2) is 59.5 Å². The summed E-state index contributed by atoms with van der Waals surface area (Å²) in [6.45, 7) is 2.51. The minimum Gasteiger partial charge on any atom is -0.323 e. The number of hydrogen-bond acceptors (Lipinski definition) is 4. The van der Waals surface area contributed by atoms with Gasteiger partial charge in [0.05, 0.1) is 12.7 Å². The Morgan fingerprint density at radius 1 is 1.07 bits per heavy atom. The van der Waals surface area contributed by atoms with Crippen molar-refractivity contribution in [3.05, 3.63) is 76.3 Å². The number of aromatic nitrogens is 4. The maximum atomic E-state index is 12.8. The number of benzene rings is 1. The molecule has 2 aliphatic heterocycles. The zero-order chi connectivity index (χ0) is 19.8. The predicted octanol–water partition coefficient (Wildman–Crippen LogP) is 2.14. The van der Waals surface area contributed by atoms with Crippen LogP contribution in [0.25, 0.3) is 0 Å². The molecule has 29 heavy (non-hydrogen) atoms. The summed E-state index contributed by atoms with van der Waals surface area (Å²) in [6, 6.07) is 15.2. The zero-order valence-corrected chi connectivity index (χ0v) is 15.9. The number of hydrogen-bond donors (Lipinski definition) is 1. The minimum absolute atomic E-state index is 0.0464. The van der Waals surface area contributed by atoms with Gasteiger partial charge in [0.2, 0.25) is 0 Å². The van der Waals surface area contributed by atoms with Crippen molar-refractivity contribution in [3.63, 3.8) is 0 Å². The van der Waals surface area contributed by atoms with Gasteiger partial charge in [0.25, 0.3) is 5.56 Å². The van der Waals surface area contributed by atoms with Crippen LogP contribution < -0.4 is 10.9 Å². The van der Waals surface area contributed by atoms with Crippen molar-refractivity contribution in [1.82, 2.24) is 24.5 Å². The van der Waals surface area contributed by atoms with E-state index in [0.717, 1.165) is 17.7 Å². The number of carbonyl (C=O) groups is 1. The van der Waals surface area contributed by atoms with Crippen molar-refractivity contribution in [2.24, 2.45) is 5.92 Å². The van der Waals surface area contributed by atoms with Crippen LogP contribution in [0.1, 0.15) is 23.6 Å². The third-order valence-electron chi connectivity index (χ3n) is 5.73. The highest BCUT2D eigenvalue weighted by molar-refractivity contribution is 5.88. The van der Waals surface area contributed by atoms with Crippen LogP contribution in [-0.4, -0.2) is 43.6 Å². The van der Waals surface area contributed by atoms with Gasteiger partial charge in [-0.1, -0.05) is 41.6 Å². The first-order chi connectivity index (χ1) is 14.2. The number of anilines is 1. The van der Waals surface area contributed by atoms with Gasteiger partial charge in [0.15, 0.2) is 5.82 Å². The first-order valence-electron chi connectivity index (χ1n) is 9.85. The summed E-state index contributed by atoms with van der Waals surface area (Å²) < 4.78 is 3.57. The van der Waals surface area contributed by atoms with Gasteiger partial charge >= 0.3 is 6.03 Å². The second-order valence-electron chi connectivity index (χ2n) is 7.82. The number of amides is 2. The van der Waals surface area contributed by atoms with Crippen molar-refractivity contribution < 1.29 is 4.79 Å². The van der Waals surface area contributed by atoms with Crippen molar-refractivity contribution in [3.8, 4) is 0 Å². The Hall–Kier alpha value is -3.42. The van der Waals surface area contributed by atoms with Gasteiger partial charge in [0.1, 0.15) is 0 Å². The molecule has 0 radical (unpaired) electrons. The molecule has 2 bridgehead atoms. The molecule has 2 amide bonds. The van der Waals surface area contributed by atoms with E-state index in [-0.39, 0.29) is 17.5 Å². The quantitative estimate of drug-likeness (QED) is 0.743. The van der Waals surface area contributed by atoms with Gasteiger partial charge in [0, 0.05) is 37.3 Å². The molecule has 2 aromatic heterocycles. The number of carbonyl (C=O) groups excluding carboxylic acids is 1. The van der Waals surface area contributed by atoms with E-state index in [2.05, 4.69) is 15.6 Å². The van der Waals surface area contributed by atoms with E-state index in [0.29, 0.717) is 37.9 Å². The number of pyridine rings is 1. The fraction of sp³-hybridized carbons (Fsp3) is 0.333. The molecular formula is C21H22N6O2. The third-order valence-corrected chi connectivity index (χ3v) is 5.73. The summed E-state index contributed by atoms with van der Waals surface area (Å²) >= 11 is 0. The minimum atomic E-state index is -0.168. The molecule has 0 unspecified atom stereocenters. The maximum Gasteiger partial charge on any atom is 0.323 e. The highest BCUT2D eigenvalue weighted by atomic mass is 16.2. The van der Waals surface area contributed by atoms with Crippen LogP contribution in [0, 0.1) is 5.92 Å². The van der Waals surface area contributed by atoms with Gasteiger partial charge < -0.3 is 9.47 Å². The standard InChI is InChI=1S/C21H22N6O2/c28-20-8-4-7-18-17-9-16(12-27(18)20)10-25(13-17)21(29)22-19-14-26(24-23-19)11-15-5-2-1-3-6-15/h1-8,14,16-17H,9-13H2,(H,22,29)/t16-,17+/m0/s1. The Balaban J connectivity index is 1.26. The lowest BCUT2D eigenvalue weighted by molar-refractivity contribution is 0.139. The maximum absolute atomic E-state index is 12.8. The molecule has 2 atom stereocenters. The Labute approximate surface area is 167 Å². The van der Waals surface area contributed by atoms with Gasteiger partial charge in [-0.25, -0.2) is 9.48 Å². The lowest BCUT2D eigenvalue weighted by atomic mass is 9.83. The Morgan fingerprint density at radius 3 is 2.79 bits per heavy atom. The Morgan fingerprint density at radius 2 is 1.93 bits per heavy atom. The van der Waals surface area contributed by atoms with E-state index in [1.807, 2.05) is 45.9 Å². The lowest BCUT2D eigenvalue weighted by Gasteiger charge is -2.42. The molecule has 2 aliphatic rings. The van der Waals surface area contributed by atoms with Crippen LogP contribution in [-0.2, 0) is 13.1 Å². The number of nitrogens with one attached hydrogen (secondary N) is 1. The first-order valence-corrected chi connectivity index (χ1v) is 9.85. The summed E-state index contributed by atoms with van der Waals surface area (Å²) in [5.41, 5.74) is 2.19. The average Bonchev–Trinajstić information content (AvgIpc) is 3.16. The number of likely N-dealkylation sites (tertiary alicyclic amines) is 1. The third kappa shape index (κ3) is 3.53. The van der Waals surface area contributed by atoms with Gasteiger partial charge in [-0.3, -0.25) is 10.1 Å². The number of piperidine rings is 1. The molecule has 8 heteroatoms. The molecule has 0 aliphatic carbocycles. The Kier molecular flexibility index (Phi) is 4.38. The van der Waals surface area contributed by atoms with Crippen LogP contribution in [0.4, 0.5) is 10.6 Å². The smallest absolute Gasteiger partial charge is 0.323 e. The van der Waals surface area contributed by atoms with Gasteiger partial charge in [-0.15, -0.1) is 5.10 Å². The van der Waals surface area contributed by atoms with Crippen molar-refractivity contribution >= 4 is 11.8 Å². The largest absolute Gasteiger partial charge is 0.323 e. The highest BCUT2D eigenvalue weighted by Gasteiger charge is 2.36. The topological polar surface area (TPSA) is 85.1 Å². The number of fused-ring (bicyclic) bond motifs is 4. The molecule has 0 saturated carbocycles. The molecule has 1 saturated heterocycles. The molecule has 1 N–H and O–H groups in total. The van der Waals surface area contributed by atoms with E-state index >= 15 is 0 Å². The van der Waals surface area contributed by atoms with Crippen molar-refractivity contribution in [2.75, 3.05) is 18.4 Å². The SMILES string of the molecule is O=C(Nc1cn(Cc2ccccc2)nn1)N1C[C@@H]2C[C@H](C1)c1cccc(=O)n1C2. The highest BCUT2D eigenvalue weighted by Crippen LogP contribution is 2.35. The average molecular weight is 390 g/mol. The fourth-order valence-electron chi connectivity index (χ4n) is 4.45. The van der Waals surface area contributed by atoms with E-state index in [9.17, 15) is 9.59 Å². The molecule has 1 fully saturated rings. The van der Waals surface area contributed by atoms with E-state index < -0.39 is 0 Å². The second kappa shape index (κ2) is 7.20. The molecule has 5 rings (SSSR count). The van der Waals surface area contributed by atoms with Crippen LogP contribution in [0.3, 0.4) is 0 Å². The Bertz CT molecular complexity index is 1090. The number of nitrogens with zero attached hydrogens (tertiary/aromatic N) is 5. The van der Waals surface area contributed by atoms with Gasteiger partial charge in [-0.2, -0.15) is 0 Å². The van der Waals surface area contributed by atoms with Crippen LogP contribution in [0.2, 0.25) is 0 Å². The molecule has 0 spiro atoms. The van der Waals surface area contributed by atoms with E-state index in [1.165, 1.54) is 0 Å². The summed E-state index contributed by atoms with van der Waals surface area (Å²) in [6.07, 6.45) is 2.75. The number of urea groups is 1. The summed E-state index contributed by atoms with van der Waals surface area (Å²) in [4.78, 5) is 26.8.